The first kappa shape index (κ1) is 17.7. The van der Waals surface area contributed by atoms with Crippen LogP contribution < -0.4 is 11.2 Å². The van der Waals surface area contributed by atoms with Gasteiger partial charge in [-0.1, -0.05) is 35.0 Å². The summed E-state index contributed by atoms with van der Waals surface area (Å²) in [5.74, 6) is 0. The predicted molar refractivity (Wildman–Crippen MR) is 102 cm³/mol. The van der Waals surface area contributed by atoms with Crippen LogP contribution in [0.4, 0.5) is 0 Å². The van der Waals surface area contributed by atoms with Crippen molar-refractivity contribution in [3.63, 3.8) is 0 Å². The SMILES string of the molecule is CCC(CO)n1cc2c(c1-c1cccc(Br)c1)c(=O)n(C)c(=O)n2C. The molecule has 2 aromatic heterocycles. The molecule has 0 aliphatic carbocycles. The number of aliphatic hydroxyl groups is 1. The number of hydrogen-bond acceptors (Lipinski definition) is 3. The number of aromatic nitrogens is 3. The van der Waals surface area contributed by atoms with E-state index in [1.54, 1.807) is 13.2 Å². The van der Waals surface area contributed by atoms with Gasteiger partial charge in [0, 0.05) is 30.3 Å². The second-order valence-corrected chi connectivity index (χ2v) is 7.02. The van der Waals surface area contributed by atoms with Gasteiger partial charge in [0.05, 0.1) is 29.2 Å². The highest BCUT2D eigenvalue weighted by Gasteiger charge is 2.22. The van der Waals surface area contributed by atoms with Crippen LogP contribution in [0.1, 0.15) is 19.4 Å². The fourth-order valence-corrected chi connectivity index (χ4v) is 3.59. The van der Waals surface area contributed by atoms with Gasteiger partial charge in [-0.2, -0.15) is 0 Å². The highest BCUT2D eigenvalue weighted by atomic mass is 79.9. The Morgan fingerprint density at radius 2 is 1.92 bits per heavy atom. The molecule has 0 fully saturated rings. The van der Waals surface area contributed by atoms with Crippen LogP contribution in [0.2, 0.25) is 0 Å². The minimum atomic E-state index is -0.368. The van der Waals surface area contributed by atoms with Crippen molar-refractivity contribution in [2.75, 3.05) is 6.61 Å². The Labute approximate surface area is 153 Å². The zero-order chi connectivity index (χ0) is 18.3. The van der Waals surface area contributed by atoms with Crippen LogP contribution in [0, 0.1) is 0 Å². The van der Waals surface area contributed by atoms with Gasteiger partial charge in [-0.25, -0.2) is 4.79 Å². The van der Waals surface area contributed by atoms with Crippen LogP contribution in [0.25, 0.3) is 22.2 Å². The Bertz CT molecular complexity index is 1060. The second kappa shape index (κ2) is 6.65. The van der Waals surface area contributed by atoms with Crippen molar-refractivity contribution in [2.24, 2.45) is 14.1 Å². The molecule has 1 aromatic carbocycles. The average molecular weight is 406 g/mol. The molecule has 3 rings (SSSR count). The van der Waals surface area contributed by atoms with E-state index in [1.165, 1.54) is 11.6 Å². The minimum absolute atomic E-state index is 0.0489. The Balaban J connectivity index is 2.53. The summed E-state index contributed by atoms with van der Waals surface area (Å²) in [4.78, 5) is 25.1. The number of rotatable bonds is 4. The van der Waals surface area contributed by atoms with Crippen molar-refractivity contribution < 1.29 is 5.11 Å². The number of halogens is 1. The minimum Gasteiger partial charge on any atom is -0.394 e. The van der Waals surface area contributed by atoms with Crippen LogP contribution in [0.3, 0.4) is 0 Å². The van der Waals surface area contributed by atoms with Crippen LogP contribution in [-0.4, -0.2) is 25.4 Å². The van der Waals surface area contributed by atoms with Gasteiger partial charge in [-0.3, -0.25) is 13.9 Å². The van der Waals surface area contributed by atoms with Gasteiger partial charge >= 0.3 is 5.69 Å². The molecule has 0 amide bonds. The zero-order valence-electron chi connectivity index (χ0n) is 14.4. The van der Waals surface area contributed by atoms with Gasteiger partial charge < -0.3 is 9.67 Å². The Kier molecular flexibility index (Phi) is 4.71. The molecule has 0 spiro atoms. The van der Waals surface area contributed by atoms with Gasteiger partial charge in [-0.05, 0) is 18.6 Å². The fraction of sp³-hybridized carbons (Fsp3) is 0.333. The van der Waals surface area contributed by atoms with Crippen LogP contribution in [0.5, 0.6) is 0 Å². The van der Waals surface area contributed by atoms with Crippen molar-refractivity contribution in [2.45, 2.75) is 19.4 Å². The van der Waals surface area contributed by atoms with E-state index in [0.29, 0.717) is 23.0 Å². The number of aliphatic hydroxyl groups excluding tert-OH is 1. The second-order valence-electron chi connectivity index (χ2n) is 6.11. The number of fused-ring (bicyclic) bond motifs is 1. The maximum atomic E-state index is 12.9. The largest absolute Gasteiger partial charge is 0.394 e. The molecule has 1 unspecified atom stereocenters. The normalized spacial score (nSPS) is 12.7. The van der Waals surface area contributed by atoms with Crippen molar-refractivity contribution >= 4 is 26.8 Å². The predicted octanol–water partition coefficient (Wildman–Crippen LogP) is 2.41. The van der Waals surface area contributed by atoms with Crippen molar-refractivity contribution in [3.05, 3.63) is 55.8 Å². The molecule has 2 heterocycles. The van der Waals surface area contributed by atoms with E-state index in [2.05, 4.69) is 15.9 Å². The number of aryl methyl sites for hydroxylation is 1. The summed E-state index contributed by atoms with van der Waals surface area (Å²) in [5, 5.41) is 10.3. The maximum absolute atomic E-state index is 12.9. The zero-order valence-corrected chi connectivity index (χ0v) is 15.9. The third-order valence-corrected chi connectivity index (χ3v) is 5.13. The molecule has 0 bridgehead atoms. The fourth-order valence-electron chi connectivity index (χ4n) is 3.19. The number of hydrogen-bond donors (Lipinski definition) is 1. The monoisotopic (exact) mass is 405 g/mol. The summed E-state index contributed by atoms with van der Waals surface area (Å²) in [6, 6.07) is 7.48. The highest BCUT2D eigenvalue weighted by Crippen LogP contribution is 2.32. The van der Waals surface area contributed by atoms with Crippen LogP contribution in [-0.2, 0) is 14.1 Å². The Morgan fingerprint density at radius 3 is 2.52 bits per heavy atom. The molecule has 0 radical (unpaired) electrons. The lowest BCUT2D eigenvalue weighted by atomic mass is 10.1. The Morgan fingerprint density at radius 1 is 1.20 bits per heavy atom. The van der Waals surface area contributed by atoms with E-state index in [1.807, 2.05) is 35.8 Å². The summed E-state index contributed by atoms with van der Waals surface area (Å²) in [6.07, 6.45) is 2.49. The molecular weight excluding hydrogens is 386 g/mol. The van der Waals surface area contributed by atoms with E-state index >= 15 is 0 Å². The number of nitrogens with zero attached hydrogens (tertiary/aromatic N) is 3. The van der Waals surface area contributed by atoms with Gasteiger partial charge in [0.15, 0.2) is 0 Å². The molecule has 1 N–H and O–H groups in total. The van der Waals surface area contributed by atoms with E-state index < -0.39 is 0 Å². The van der Waals surface area contributed by atoms with Gasteiger partial charge in [0.25, 0.3) is 5.56 Å². The highest BCUT2D eigenvalue weighted by molar-refractivity contribution is 9.10. The van der Waals surface area contributed by atoms with E-state index in [-0.39, 0.29) is 23.9 Å². The lowest BCUT2D eigenvalue weighted by Crippen LogP contribution is -2.36. The summed E-state index contributed by atoms with van der Waals surface area (Å²) in [5.41, 5.74) is 1.43. The smallest absolute Gasteiger partial charge is 0.330 e. The quantitative estimate of drug-likeness (QED) is 0.724. The van der Waals surface area contributed by atoms with Crippen LogP contribution in [0.15, 0.2) is 44.5 Å². The number of benzene rings is 1. The topological polar surface area (TPSA) is 69.2 Å². The van der Waals surface area contributed by atoms with Gasteiger partial charge in [0.2, 0.25) is 0 Å². The molecule has 0 saturated heterocycles. The molecule has 0 saturated carbocycles. The first-order chi connectivity index (χ1) is 11.9. The van der Waals surface area contributed by atoms with Gasteiger partial charge in [-0.15, -0.1) is 0 Å². The molecule has 25 heavy (non-hydrogen) atoms. The van der Waals surface area contributed by atoms with Crippen molar-refractivity contribution in [3.8, 4) is 11.3 Å². The summed E-state index contributed by atoms with van der Waals surface area (Å²) in [6.45, 7) is 1.93. The van der Waals surface area contributed by atoms with Gasteiger partial charge in [0.1, 0.15) is 0 Å². The van der Waals surface area contributed by atoms with E-state index in [0.717, 1.165) is 14.6 Å². The summed E-state index contributed by atoms with van der Waals surface area (Å²) < 4.78 is 5.39. The summed E-state index contributed by atoms with van der Waals surface area (Å²) >= 11 is 3.47. The molecular formula is C18H20BrN3O3. The molecule has 0 aliphatic heterocycles. The molecule has 6 nitrogen and oxygen atoms in total. The van der Waals surface area contributed by atoms with E-state index in [9.17, 15) is 14.7 Å². The summed E-state index contributed by atoms with van der Waals surface area (Å²) in [7, 11) is 3.13. The standard InChI is InChI=1S/C18H20BrN3O3/c1-4-13(10-23)22-9-14-15(17(24)21(3)18(25)20(14)2)16(22)11-6-5-7-12(19)8-11/h5-9,13,23H,4,10H2,1-3H3. The third-order valence-electron chi connectivity index (χ3n) is 4.64. The maximum Gasteiger partial charge on any atom is 0.330 e. The first-order valence-electron chi connectivity index (χ1n) is 8.08. The first-order valence-corrected chi connectivity index (χ1v) is 8.87. The molecule has 0 aliphatic rings. The molecule has 3 aromatic rings. The third kappa shape index (κ3) is 2.77. The lowest BCUT2D eigenvalue weighted by Gasteiger charge is -2.18. The van der Waals surface area contributed by atoms with Crippen LogP contribution >= 0.6 is 15.9 Å². The van der Waals surface area contributed by atoms with Crippen molar-refractivity contribution in [1.29, 1.82) is 0 Å². The van der Waals surface area contributed by atoms with E-state index in [4.69, 9.17) is 0 Å². The molecule has 132 valence electrons. The molecule has 1 atom stereocenters. The van der Waals surface area contributed by atoms with Crippen molar-refractivity contribution in [1.82, 2.24) is 13.7 Å². The Hall–Kier alpha value is -2.12. The lowest BCUT2D eigenvalue weighted by molar-refractivity contribution is 0.226. The average Bonchev–Trinajstić information content (AvgIpc) is 3.00. The molecule has 7 heteroatoms.